The van der Waals surface area contributed by atoms with Gasteiger partial charge in [0.1, 0.15) is 5.76 Å². The SMILES string of the molecule is CC(CCc1ccco1)NS(=O)(=O)c1csc(CN)c1. The molecule has 0 spiro atoms. The van der Waals surface area contributed by atoms with Crippen LogP contribution in [0.25, 0.3) is 0 Å². The number of thiophene rings is 1. The summed E-state index contributed by atoms with van der Waals surface area (Å²) in [7, 11) is -3.47. The smallest absolute Gasteiger partial charge is 0.241 e. The van der Waals surface area contributed by atoms with Crippen LogP contribution in [-0.4, -0.2) is 14.5 Å². The van der Waals surface area contributed by atoms with Crippen LogP contribution in [0.3, 0.4) is 0 Å². The molecule has 0 aromatic carbocycles. The first-order chi connectivity index (χ1) is 9.51. The summed E-state index contributed by atoms with van der Waals surface area (Å²) in [6.45, 7) is 2.20. The summed E-state index contributed by atoms with van der Waals surface area (Å²) in [6.07, 6.45) is 3.00. The van der Waals surface area contributed by atoms with E-state index in [9.17, 15) is 8.42 Å². The molecule has 0 bridgehead atoms. The van der Waals surface area contributed by atoms with Gasteiger partial charge in [-0.25, -0.2) is 13.1 Å². The summed E-state index contributed by atoms with van der Waals surface area (Å²) < 4.78 is 32.2. The van der Waals surface area contributed by atoms with Gasteiger partial charge in [-0.15, -0.1) is 11.3 Å². The molecule has 1 atom stereocenters. The highest BCUT2D eigenvalue weighted by Gasteiger charge is 2.19. The van der Waals surface area contributed by atoms with E-state index in [0.29, 0.717) is 19.4 Å². The van der Waals surface area contributed by atoms with E-state index in [1.807, 2.05) is 19.1 Å². The molecule has 2 aromatic rings. The lowest BCUT2D eigenvalue weighted by molar-refractivity contribution is 0.480. The van der Waals surface area contributed by atoms with Gasteiger partial charge in [0.2, 0.25) is 10.0 Å². The predicted molar refractivity (Wildman–Crippen MR) is 79.0 cm³/mol. The van der Waals surface area contributed by atoms with E-state index in [0.717, 1.165) is 10.6 Å². The molecule has 2 rings (SSSR count). The van der Waals surface area contributed by atoms with Crippen molar-refractivity contribution in [1.29, 1.82) is 0 Å². The van der Waals surface area contributed by atoms with Crippen molar-refractivity contribution in [3.05, 3.63) is 40.5 Å². The molecule has 0 aliphatic rings. The summed E-state index contributed by atoms with van der Waals surface area (Å²) in [5, 5.41) is 1.61. The number of furan rings is 1. The highest BCUT2D eigenvalue weighted by atomic mass is 32.2. The van der Waals surface area contributed by atoms with E-state index >= 15 is 0 Å². The Morgan fingerprint density at radius 1 is 1.50 bits per heavy atom. The summed E-state index contributed by atoms with van der Waals surface area (Å²) in [5.41, 5.74) is 5.49. The molecule has 0 saturated heterocycles. The molecular weight excluding hydrogens is 296 g/mol. The Morgan fingerprint density at radius 3 is 2.90 bits per heavy atom. The molecule has 0 aliphatic heterocycles. The molecule has 110 valence electrons. The van der Waals surface area contributed by atoms with Crippen molar-refractivity contribution in [1.82, 2.24) is 4.72 Å². The number of nitrogens with one attached hydrogen (secondary N) is 1. The Labute approximate surface area is 122 Å². The van der Waals surface area contributed by atoms with Crippen molar-refractivity contribution in [3.63, 3.8) is 0 Å². The molecule has 0 fully saturated rings. The second-order valence-corrected chi connectivity index (χ2v) is 7.30. The Kier molecular flexibility index (Phi) is 4.98. The average Bonchev–Trinajstić information content (AvgIpc) is 3.07. The minimum absolute atomic E-state index is 0.161. The summed E-state index contributed by atoms with van der Waals surface area (Å²) >= 11 is 1.36. The lowest BCUT2D eigenvalue weighted by Gasteiger charge is -2.12. The molecule has 5 nitrogen and oxygen atoms in total. The van der Waals surface area contributed by atoms with Crippen molar-refractivity contribution in [2.45, 2.75) is 37.2 Å². The lowest BCUT2D eigenvalue weighted by Crippen LogP contribution is -2.32. The Balaban J connectivity index is 1.93. The minimum atomic E-state index is -3.47. The van der Waals surface area contributed by atoms with Gasteiger partial charge in [-0.05, 0) is 31.5 Å². The maximum absolute atomic E-state index is 12.2. The normalized spacial score (nSPS) is 13.5. The molecule has 7 heteroatoms. The maximum Gasteiger partial charge on any atom is 0.241 e. The fourth-order valence-electron chi connectivity index (χ4n) is 1.81. The largest absolute Gasteiger partial charge is 0.469 e. The standard InChI is InChI=1S/C13H18N2O3S2/c1-10(4-5-11-3-2-6-18-11)15-20(16,17)13-7-12(8-14)19-9-13/h2-3,6-7,9-10,15H,4-5,8,14H2,1H3. The van der Waals surface area contributed by atoms with Crippen molar-refractivity contribution < 1.29 is 12.8 Å². The van der Waals surface area contributed by atoms with Gasteiger partial charge in [-0.2, -0.15) is 0 Å². The first-order valence-corrected chi connectivity index (χ1v) is 8.70. The van der Waals surface area contributed by atoms with Crippen LogP contribution in [0.5, 0.6) is 0 Å². The third kappa shape index (κ3) is 3.92. The fraction of sp³-hybridized carbons (Fsp3) is 0.385. The molecule has 0 saturated carbocycles. The van der Waals surface area contributed by atoms with Crippen LogP contribution in [0.2, 0.25) is 0 Å². The van der Waals surface area contributed by atoms with E-state index in [2.05, 4.69) is 4.72 Å². The molecule has 0 radical (unpaired) electrons. The van der Waals surface area contributed by atoms with Gasteiger partial charge in [0.15, 0.2) is 0 Å². The number of hydrogen-bond donors (Lipinski definition) is 2. The first-order valence-electron chi connectivity index (χ1n) is 6.33. The van der Waals surface area contributed by atoms with Crippen LogP contribution in [0.1, 0.15) is 24.0 Å². The molecule has 3 N–H and O–H groups in total. The van der Waals surface area contributed by atoms with E-state index in [4.69, 9.17) is 10.2 Å². The number of rotatable bonds is 7. The van der Waals surface area contributed by atoms with Crippen molar-refractivity contribution in [2.75, 3.05) is 0 Å². The average molecular weight is 314 g/mol. The van der Waals surface area contributed by atoms with Crippen LogP contribution in [0, 0.1) is 0 Å². The summed E-state index contributed by atoms with van der Waals surface area (Å²) in [6, 6.07) is 5.16. The maximum atomic E-state index is 12.2. The zero-order valence-electron chi connectivity index (χ0n) is 11.2. The topological polar surface area (TPSA) is 85.3 Å². The number of nitrogens with two attached hydrogens (primary N) is 1. The zero-order valence-corrected chi connectivity index (χ0v) is 12.8. The third-order valence-electron chi connectivity index (χ3n) is 2.90. The molecule has 2 aromatic heterocycles. The highest BCUT2D eigenvalue weighted by Crippen LogP contribution is 2.19. The van der Waals surface area contributed by atoms with Crippen LogP contribution < -0.4 is 10.5 Å². The van der Waals surface area contributed by atoms with Gasteiger partial charge < -0.3 is 10.2 Å². The van der Waals surface area contributed by atoms with Crippen LogP contribution in [-0.2, 0) is 23.0 Å². The Hall–Kier alpha value is -1.15. The molecule has 2 heterocycles. The van der Waals surface area contributed by atoms with Gasteiger partial charge in [0, 0.05) is 29.3 Å². The van der Waals surface area contributed by atoms with Crippen molar-refractivity contribution in [2.24, 2.45) is 5.73 Å². The second kappa shape index (κ2) is 6.53. The Bertz CT molecular complexity index is 632. The minimum Gasteiger partial charge on any atom is -0.469 e. The van der Waals surface area contributed by atoms with Crippen LogP contribution >= 0.6 is 11.3 Å². The number of sulfonamides is 1. The second-order valence-electron chi connectivity index (χ2n) is 4.59. The molecule has 1 unspecified atom stereocenters. The van der Waals surface area contributed by atoms with Gasteiger partial charge >= 0.3 is 0 Å². The van der Waals surface area contributed by atoms with E-state index in [-0.39, 0.29) is 10.9 Å². The van der Waals surface area contributed by atoms with Crippen LogP contribution in [0.15, 0.2) is 39.2 Å². The lowest BCUT2D eigenvalue weighted by atomic mass is 10.2. The van der Waals surface area contributed by atoms with Crippen molar-refractivity contribution in [3.8, 4) is 0 Å². The highest BCUT2D eigenvalue weighted by molar-refractivity contribution is 7.89. The van der Waals surface area contributed by atoms with Gasteiger partial charge in [-0.1, -0.05) is 0 Å². The number of aryl methyl sites for hydroxylation is 1. The summed E-state index contributed by atoms with van der Waals surface area (Å²) in [5.74, 6) is 0.858. The predicted octanol–water partition coefficient (Wildman–Crippen LogP) is 2.10. The molecule has 0 aliphatic carbocycles. The van der Waals surface area contributed by atoms with Gasteiger partial charge in [-0.3, -0.25) is 0 Å². The van der Waals surface area contributed by atoms with Gasteiger partial charge in [0.05, 0.1) is 11.2 Å². The molecule has 0 amide bonds. The Morgan fingerprint density at radius 2 is 2.30 bits per heavy atom. The van der Waals surface area contributed by atoms with E-state index in [1.54, 1.807) is 17.7 Å². The van der Waals surface area contributed by atoms with Crippen LogP contribution in [0.4, 0.5) is 0 Å². The number of hydrogen-bond acceptors (Lipinski definition) is 5. The third-order valence-corrected chi connectivity index (χ3v) is 5.58. The van der Waals surface area contributed by atoms with Crippen molar-refractivity contribution >= 4 is 21.4 Å². The first kappa shape index (κ1) is 15.2. The monoisotopic (exact) mass is 314 g/mol. The molecule has 20 heavy (non-hydrogen) atoms. The quantitative estimate of drug-likeness (QED) is 0.819. The zero-order chi connectivity index (χ0) is 14.6. The van der Waals surface area contributed by atoms with Gasteiger partial charge in [0.25, 0.3) is 0 Å². The molecular formula is C13H18N2O3S2. The van der Waals surface area contributed by atoms with E-state index in [1.165, 1.54) is 11.3 Å². The summed E-state index contributed by atoms with van der Waals surface area (Å²) in [4.78, 5) is 1.14. The van der Waals surface area contributed by atoms with E-state index < -0.39 is 10.0 Å². The fourth-order valence-corrected chi connectivity index (χ4v) is 4.25.